The second kappa shape index (κ2) is 10.8. The Balaban J connectivity index is 0.00000171. The number of aromatic nitrogens is 1. The zero-order valence-corrected chi connectivity index (χ0v) is 18.3. The number of rotatable bonds is 6. The predicted molar refractivity (Wildman–Crippen MR) is 125 cm³/mol. The monoisotopic (exact) mass is 460 g/mol. The van der Waals surface area contributed by atoms with Gasteiger partial charge in [0.25, 0.3) is 0 Å². The molecule has 162 valence electrons. The first-order valence-corrected chi connectivity index (χ1v) is 9.19. The van der Waals surface area contributed by atoms with E-state index in [4.69, 9.17) is 9.15 Å². The van der Waals surface area contributed by atoms with Crippen molar-refractivity contribution in [2.75, 3.05) is 7.11 Å². The van der Waals surface area contributed by atoms with Crippen molar-refractivity contribution in [3.05, 3.63) is 88.5 Å². The van der Waals surface area contributed by atoms with E-state index in [2.05, 4.69) is 10.3 Å². The molecule has 0 unspecified atom stereocenters. The van der Waals surface area contributed by atoms with E-state index in [0.717, 1.165) is 28.0 Å². The van der Waals surface area contributed by atoms with Crippen molar-refractivity contribution in [2.45, 2.75) is 13.1 Å². The zero-order chi connectivity index (χ0) is 20.2. The number of phenolic OH excluding ortho intramolecular Hbond substituents is 1. The van der Waals surface area contributed by atoms with E-state index in [-0.39, 0.29) is 30.6 Å². The number of nitrogens with one attached hydrogen (secondary N) is 1. The van der Waals surface area contributed by atoms with Gasteiger partial charge in [-0.05, 0) is 47.5 Å². The summed E-state index contributed by atoms with van der Waals surface area (Å²) in [5, 5.41) is 14.4. The molecule has 0 atom stereocenters. The van der Waals surface area contributed by atoms with Crippen LogP contribution in [0.2, 0.25) is 0 Å². The average molecular weight is 461 g/mol. The van der Waals surface area contributed by atoms with Gasteiger partial charge in [-0.2, -0.15) is 0 Å². The molecule has 2 aromatic carbocycles. The molecular weight excluding hydrogens is 439 g/mol. The number of methoxy groups -OCH3 is 1. The summed E-state index contributed by atoms with van der Waals surface area (Å²) in [4.78, 5) is 16.5. The summed E-state index contributed by atoms with van der Waals surface area (Å²) >= 11 is 0. The fourth-order valence-electron chi connectivity index (χ4n) is 3.27. The first-order chi connectivity index (χ1) is 14.2. The van der Waals surface area contributed by atoms with Crippen LogP contribution in [0.3, 0.4) is 0 Å². The molecule has 0 fully saturated rings. The van der Waals surface area contributed by atoms with Crippen LogP contribution < -0.4 is 15.7 Å². The highest BCUT2D eigenvalue weighted by atomic mass is 35.5. The molecule has 6 nitrogen and oxygen atoms in total. The molecule has 0 aliphatic heterocycles. The molecule has 2 N–H and O–H groups in total. The Kier molecular flexibility index (Phi) is 8.45. The summed E-state index contributed by atoms with van der Waals surface area (Å²) in [5.41, 5.74) is 2.92. The third kappa shape index (κ3) is 5.35. The fraction of sp³-hybridized carbons (Fsp3) is 0.130. The Morgan fingerprint density at radius 1 is 1.03 bits per heavy atom. The highest BCUT2D eigenvalue weighted by Gasteiger charge is 2.15. The summed E-state index contributed by atoms with van der Waals surface area (Å²) in [7, 11) is 1.61. The molecule has 0 amide bonds. The maximum absolute atomic E-state index is 12.3. The SMILES string of the molecule is COc1ccc(-c2cc(=O)oc3c(CNCc4ccccn4)c(O)ccc23)cc1.Cl.Cl. The molecule has 4 rings (SSSR count). The van der Waals surface area contributed by atoms with E-state index in [0.29, 0.717) is 24.2 Å². The number of hydrogen-bond donors (Lipinski definition) is 2. The number of halogens is 2. The van der Waals surface area contributed by atoms with Crippen molar-refractivity contribution in [3.63, 3.8) is 0 Å². The van der Waals surface area contributed by atoms with Gasteiger partial charge < -0.3 is 19.6 Å². The number of ether oxygens (including phenoxy) is 1. The minimum Gasteiger partial charge on any atom is -0.507 e. The zero-order valence-electron chi connectivity index (χ0n) is 16.7. The van der Waals surface area contributed by atoms with Crippen LogP contribution in [0, 0.1) is 0 Å². The van der Waals surface area contributed by atoms with E-state index < -0.39 is 5.63 Å². The molecule has 8 heteroatoms. The third-order valence-electron chi connectivity index (χ3n) is 4.73. The lowest BCUT2D eigenvalue weighted by Gasteiger charge is -2.12. The Labute approximate surface area is 191 Å². The molecule has 0 spiro atoms. The summed E-state index contributed by atoms with van der Waals surface area (Å²) in [5.74, 6) is 0.805. The molecule has 31 heavy (non-hydrogen) atoms. The molecule has 2 aromatic heterocycles. The molecule has 4 aromatic rings. The highest BCUT2D eigenvalue weighted by molar-refractivity contribution is 5.95. The van der Waals surface area contributed by atoms with Crippen molar-refractivity contribution >= 4 is 35.8 Å². The van der Waals surface area contributed by atoms with Gasteiger partial charge in [0, 0.05) is 30.7 Å². The van der Waals surface area contributed by atoms with Crippen molar-refractivity contribution in [3.8, 4) is 22.6 Å². The molecular formula is C23H22Cl2N2O4. The maximum Gasteiger partial charge on any atom is 0.336 e. The van der Waals surface area contributed by atoms with Gasteiger partial charge in [-0.15, -0.1) is 24.8 Å². The minimum atomic E-state index is -0.472. The van der Waals surface area contributed by atoms with E-state index in [1.54, 1.807) is 25.4 Å². The number of pyridine rings is 1. The van der Waals surface area contributed by atoms with Crippen LogP contribution in [0.4, 0.5) is 0 Å². The van der Waals surface area contributed by atoms with Crippen LogP contribution in [-0.2, 0) is 13.1 Å². The maximum atomic E-state index is 12.3. The predicted octanol–water partition coefficient (Wildman–Crippen LogP) is 4.70. The lowest BCUT2D eigenvalue weighted by molar-refractivity contribution is 0.415. The van der Waals surface area contributed by atoms with Gasteiger partial charge in [-0.25, -0.2) is 4.79 Å². The molecule has 0 aliphatic carbocycles. The smallest absolute Gasteiger partial charge is 0.336 e. The quantitative estimate of drug-likeness (QED) is 0.405. The average Bonchev–Trinajstić information content (AvgIpc) is 2.75. The Bertz CT molecular complexity index is 1200. The summed E-state index contributed by atoms with van der Waals surface area (Å²) < 4.78 is 10.7. The number of fused-ring (bicyclic) bond motifs is 1. The van der Waals surface area contributed by atoms with Crippen molar-refractivity contribution in [1.29, 1.82) is 0 Å². The van der Waals surface area contributed by atoms with E-state index in [1.165, 1.54) is 6.07 Å². The third-order valence-corrected chi connectivity index (χ3v) is 4.73. The van der Waals surface area contributed by atoms with Gasteiger partial charge >= 0.3 is 5.63 Å². The van der Waals surface area contributed by atoms with Crippen molar-refractivity contribution < 1.29 is 14.3 Å². The standard InChI is InChI=1S/C23H20N2O4.2ClH/c1-28-17-7-5-15(6-8-17)19-12-22(27)29-23-18(19)9-10-21(26)20(23)14-24-13-16-4-2-3-11-25-16;;/h2-12,24,26H,13-14H2,1H3;2*1H. The van der Waals surface area contributed by atoms with Crippen molar-refractivity contribution in [1.82, 2.24) is 10.3 Å². The first-order valence-electron chi connectivity index (χ1n) is 9.19. The van der Waals surface area contributed by atoms with Crippen LogP contribution in [0.5, 0.6) is 11.5 Å². The van der Waals surface area contributed by atoms with E-state index in [9.17, 15) is 9.90 Å². The molecule has 0 radical (unpaired) electrons. The number of phenols is 1. The van der Waals surface area contributed by atoms with Crippen LogP contribution >= 0.6 is 24.8 Å². The number of nitrogens with zero attached hydrogens (tertiary/aromatic N) is 1. The van der Waals surface area contributed by atoms with Crippen LogP contribution in [0.25, 0.3) is 22.1 Å². The summed E-state index contributed by atoms with van der Waals surface area (Å²) in [6, 6.07) is 18.0. The fourth-order valence-corrected chi connectivity index (χ4v) is 3.27. The van der Waals surface area contributed by atoms with Crippen LogP contribution in [-0.4, -0.2) is 17.2 Å². The minimum absolute atomic E-state index is 0. The van der Waals surface area contributed by atoms with E-state index in [1.807, 2.05) is 42.5 Å². The first kappa shape index (κ1) is 24.2. The normalized spacial score (nSPS) is 10.2. The molecule has 0 saturated carbocycles. The topological polar surface area (TPSA) is 84.6 Å². The lowest BCUT2D eigenvalue weighted by Crippen LogP contribution is -2.14. The second-order valence-corrected chi connectivity index (χ2v) is 6.57. The summed E-state index contributed by atoms with van der Waals surface area (Å²) in [6.45, 7) is 0.855. The highest BCUT2D eigenvalue weighted by Crippen LogP contribution is 2.33. The van der Waals surface area contributed by atoms with Gasteiger partial charge in [0.1, 0.15) is 17.1 Å². The Hall–Kier alpha value is -3.06. The summed E-state index contributed by atoms with van der Waals surface area (Å²) in [6.07, 6.45) is 1.73. The van der Waals surface area contributed by atoms with Gasteiger partial charge in [0.05, 0.1) is 18.4 Å². The molecule has 0 aliphatic rings. The van der Waals surface area contributed by atoms with Crippen molar-refractivity contribution in [2.24, 2.45) is 0 Å². The number of benzene rings is 2. The molecule has 0 bridgehead atoms. The van der Waals surface area contributed by atoms with Gasteiger partial charge in [0.2, 0.25) is 0 Å². The van der Waals surface area contributed by atoms with Crippen LogP contribution in [0.15, 0.2) is 76.1 Å². The van der Waals surface area contributed by atoms with Gasteiger partial charge in [-0.1, -0.05) is 18.2 Å². The number of aromatic hydroxyl groups is 1. The Morgan fingerprint density at radius 3 is 2.48 bits per heavy atom. The number of hydrogen-bond acceptors (Lipinski definition) is 6. The molecule has 2 heterocycles. The van der Waals surface area contributed by atoms with Crippen LogP contribution in [0.1, 0.15) is 11.3 Å². The molecule has 0 saturated heterocycles. The Morgan fingerprint density at radius 2 is 1.81 bits per heavy atom. The van der Waals surface area contributed by atoms with Gasteiger partial charge in [0.15, 0.2) is 0 Å². The second-order valence-electron chi connectivity index (χ2n) is 6.57. The lowest BCUT2D eigenvalue weighted by atomic mass is 9.99. The largest absolute Gasteiger partial charge is 0.507 e. The van der Waals surface area contributed by atoms with Gasteiger partial charge in [-0.3, -0.25) is 4.98 Å². The van der Waals surface area contributed by atoms with E-state index >= 15 is 0 Å².